The molecule has 19 heavy (non-hydrogen) atoms. The number of fused-ring (bicyclic) bond motifs is 1. The van der Waals surface area contributed by atoms with Gasteiger partial charge in [-0.15, -0.1) is 0 Å². The van der Waals surface area contributed by atoms with E-state index in [1.165, 1.54) is 4.90 Å². The maximum atomic E-state index is 11.9. The van der Waals surface area contributed by atoms with Gasteiger partial charge in [0.05, 0.1) is 12.6 Å². The van der Waals surface area contributed by atoms with Crippen molar-refractivity contribution < 1.29 is 19.1 Å². The number of piperidine rings is 1. The standard InChI is InChI=1S/C13H14N2O4/c14-9-2-4-12(16)15(13(9)17)6-8-1-3-10-11(5-8)19-7-18-10/h1,3,5,9H,2,4,6-7,14H2/t9-/m0/s1. The van der Waals surface area contributed by atoms with Gasteiger partial charge in [-0.2, -0.15) is 0 Å². The molecule has 0 unspecified atom stereocenters. The fourth-order valence-electron chi connectivity index (χ4n) is 2.25. The summed E-state index contributed by atoms with van der Waals surface area (Å²) >= 11 is 0. The van der Waals surface area contributed by atoms with E-state index in [0.29, 0.717) is 24.3 Å². The number of ether oxygens (including phenoxy) is 2. The summed E-state index contributed by atoms with van der Waals surface area (Å²) in [6, 6.07) is 4.79. The Kier molecular flexibility index (Phi) is 2.87. The number of imide groups is 1. The first-order valence-electron chi connectivity index (χ1n) is 6.13. The minimum atomic E-state index is -0.577. The van der Waals surface area contributed by atoms with Crippen LogP contribution in [0.4, 0.5) is 0 Å². The molecule has 2 aliphatic heterocycles. The molecule has 3 rings (SSSR count). The van der Waals surface area contributed by atoms with Crippen molar-refractivity contribution in [2.45, 2.75) is 25.4 Å². The Labute approximate surface area is 110 Å². The van der Waals surface area contributed by atoms with Gasteiger partial charge in [0.1, 0.15) is 0 Å². The third-order valence-corrected chi connectivity index (χ3v) is 3.33. The van der Waals surface area contributed by atoms with Crippen LogP contribution in [0.1, 0.15) is 18.4 Å². The molecule has 1 atom stereocenters. The average Bonchev–Trinajstić information content (AvgIpc) is 2.86. The van der Waals surface area contributed by atoms with Crippen molar-refractivity contribution in [1.82, 2.24) is 4.90 Å². The SMILES string of the molecule is N[C@H]1CCC(=O)N(Cc2ccc3c(c2)OCO3)C1=O. The second kappa shape index (κ2) is 4.55. The van der Waals surface area contributed by atoms with Gasteiger partial charge >= 0.3 is 0 Å². The van der Waals surface area contributed by atoms with Crippen LogP contribution in [0.3, 0.4) is 0 Å². The van der Waals surface area contributed by atoms with Crippen LogP contribution >= 0.6 is 0 Å². The molecule has 2 heterocycles. The highest BCUT2D eigenvalue weighted by Crippen LogP contribution is 2.33. The molecular weight excluding hydrogens is 248 g/mol. The molecule has 0 saturated carbocycles. The van der Waals surface area contributed by atoms with Gasteiger partial charge in [0.15, 0.2) is 11.5 Å². The number of carbonyl (C=O) groups excluding carboxylic acids is 2. The van der Waals surface area contributed by atoms with E-state index in [2.05, 4.69) is 0 Å². The van der Waals surface area contributed by atoms with Crippen LogP contribution in [-0.4, -0.2) is 29.5 Å². The molecule has 2 amide bonds. The summed E-state index contributed by atoms with van der Waals surface area (Å²) in [5.74, 6) is 0.828. The fourth-order valence-corrected chi connectivity index (χ4v) is 2.25. The van der Waals surface area contributed by atoms with E-state index < -0.39 is 6.04 Å². The quantitative estimate of drug-likeness (QED) is 0.780. The molecule has 0 aliphatic carbocycles. The Morgan fingerprint density at radius 1 is 1.26 bits per heavy atom. The zero-order valence-corrected chi connectivity index (χ0v) is 10.3. The minimum Gasteiger partial charge on any atom is -0.454 e. The van der Waals surface area contributed by atoms with E-state index in [-0.39, 0.29) is 25.2 Å². The monoisotopic (exact) mass is 262 g/mol. The number of carbonyl (C=O) groups is 2. The summed E-state index contributed by atoms with van der Waals surface area (Å²) in [4.78, 5) is 24.9. The highest BCUT2D eigenvalue weighted by atomic mass is 16.7. The number of hydrogen-bond acceptors (Lipinski definition) is 5. The minimum absolute atomic E-state index is 0.177. The number of likely N-dealkylation sites (tertiary alicyclic amines) is 1. The highest BCUT2D eigenvalue weighted by Gasteiger charge is 2.32. The molecule has 6 nitrogen and oxygen atoms in total. The maximum Gasteiger partial charge on any atom is 0.246 e. The first kappa shape index (κ1) is 12.0. The van der Waals surface area contributed by atoms with Crippen molar-refractivity contribution >= 4 is 11.8 Å². The molecule has 0 radical (unpaired) electrons. The maximum absolute atomic E-state index is 11.9. The molecule has 6 heteroatoms. The van der Waals surface area contributed by atoms with Gasteiger partial charge in [-0.05, 0) is 24.1 Å². The lowest BCUT2D eigenvalue weighted by atomic mass is 10.0. The Morgan fingerprint density at radius 3 is 2.89 bits per heavy atom. The van der Waals surface area contributed by atoms with Crippen LogP contribution in [-0.2, 0) is 16.1 Å². The largest absolute Gasteiger partial charge is 0.454 e. The molecular formula is C13H14N2O4. The third kappa shape index (κ3) is 2.15. The van der Waals surface area contributed by atoms with E-state index in [4.69, 9.17) is 15.2 Å². The molecule has 100 valence electrons. The second-order valence-corrected chi connectivity index (χ2v) is 4.65. The number of nitrogens with two attached hydrogens (primary N) is 1. The molecule has 2 N–H and O–H groups in total. The van der Waals surface area contributed by atoms with Crippen molar-refractivity contribution in [3.05, 3.63) is 23.8 Å². The summed E-state index contributed by atoms with van der Waals surface area (Å²) < 4.78 is 10.5. The van der Waals surface area contributed by atoms with Crippen molar-refractivity contribution in [3.8, 4) is 11.5 Å². The van der Waals surface area contributed by atoms with Crippen LogP contribution in [0, 0.1) is 0 Å². The summed E-state index contributed by atoms with van der Waals surface area (Å²) in [6.45, 7) is 0.424. The van der Waals surface area contributed by atoms with Gasteiger partial charge < -0.3 is 15.2 Å². The van der Waals surface area contributed by atoms with Gasteiger partial charge in [-0.25, -0.2) is 0 Å². The van der Waals surface area contributed by atoms with Gasteiger partial charge in [-0.1, -0.05) is 6.07 Å². The summed E-state index contributed by atoms with van der Waals surface area (Å²) in [5.41, 5.74) is 6.51. The normalized spacial score (nSPS) is 21.9. The van der Waals surface area contributed by atoms with E-state index >= 15 is 0 Å². The number of rotatable bonds is 2. The van der Waals surface area contributed by atoms with Crippen LogP contribution < -0.4 is 15.2 Å². The van der Waals surface area contributed by atoms with Crippen LogP contribution in [0.25, 0.3) is 0 Å². The number of benzene rings is 1. The third-order valence-electron chi connectivity index (χ3n) is 3.33. The van der Waals surface area contributed by atoms with Crippen LogP contribution in [0.5, 0.6) is 11.5 Å². The van der Waals surface area contributed by atoms with E-state index in [9.17, 15) is 9.59 Å². The van der Waals surface area contributed by atoms with Gasteiger partial charge in [0, 0.05) is 6.42 Å². The molecule has 0 aromatic heterocycles. The zero-order valence-electron chi connectivity index (χ0n) is 10.3. The van der Waals surface area contributed by atoms with Gasteiger partial charge in [0.2, 0.25) is 18.6 Å². The Bertz CT molecular complexity index is 543. The number of hydrogen-bond donors (Lipinski definition) is 1. The fraction of sp³-hybridized carbons (Fsp3) is 0.385. The van der Waals surface area contributed by atoms with Crippen molar-refractivity contribution in [2.24, 2.45) is 5.73 Å². The lowest BCUT2D eigenvalue weighted by Gasteiger charge is -2.28. The topological polar surface area (TPSA) is 81.9 Å². The highest BCUT2D eigenvalue weighted by molar-refractivity contribution is 6.00. The predicted molar refractivity (Wildman–Crippen MR) is 65.3 cm³/mol. The van der Waals surface area contributed by atoms with E-state index in [1.807, 2.05) is 6.07 Å². The van der Waals surface area contributed by atoms with Crippen molar-refractivity contribution in [3.63, 3.8) is 0 Å². The zero-order chi connectivity index (χ0) is 13.4. The molecule has 1 aromatic rings. The van der Waals surface area contributed by atoms with Gasteiger partial charge in [0.25, 0.3) is 0 Å². The first-order valence-corrected chi connectivity index (χ1v) is 6.13. The molecule has 1 aromatic carbocycles. The Balaban J connectivity index is 1.80. The molecule has 0 bridgehead atoms. The molecule has 1 saturated heterocycles. The summed E-state index contributed by atoms with van der Waals surface area (Å²) in [6.07, 6.45) is 0.743. The Hall–Kier alpha value is -2.08. The molecule has 2 aliphatic rings. The second-order valence-electron chi connectivity index (χ2n) is 4.65. The summed E-state index contributed by atoms with van der Waals surface area (Å²) in [5, 5.41) is 0. The first-order chi connectivity index (χ1) is 9.15. The van der Waals surface area contributed by atoms with E-state index in [1.54, 1.807) is 12.1 Å². The van der Waals surface area contributed by atoms with E-state index in [0.717, 1.165) is 5.56 Å². The van der Waals surface area contributed by atoms with Crippen molar-refractivity contribution in [2.75, 3.05) is 6.79 Å². The lowest BCUT2D eigenvalue weighted by molar-refractivity contribution is -0.149. The lowest BCUT2D eigenvalue weighted by Crippen LogP contribution is -2.50. The van der Waals surface area contributed by atoms with Crippen LogP contribution in [0.15, 0.2) is 18.2 Å². The molecule has 0 spiro atoms. The van der Waals surface area contributed by atoms with Gasteiger partial charge in [-0.3, -0.25) is 14.5 Å². The smallest absolute Gasteiger partial charge is 0.246 e. The summed E-state index contributed by atoms with van der Waals surface area (Å²) in [7, 11) is 0. The van der Waals surface area contributed by atoms with Crippen molar-refractivity contribution in [1.29, 1.82) is 0 Å². The number of nitrogens with zero attached hydrogens (tertiary/aromatic N) is 1. The molecule has 1 fully saturated rings. The average molecular weight is 262 g/mol. The predicted octanol–water partition coefficient (Wildman–Crippen LogP) is 0.392. The number of amides is 2. The van der Waals surface area contributed by atoms with Crippen LogP contribution in [0.2, 0.25) is 0 Å². The Morgan fingerprint density at radius 2 is 2.05 bits per heavy atom.